The van der Waals surface area contributed by atoms with Gasteiger partial charge in [-0.25, -0.2) is 0 Å². The number of benzene rings is 3. The minimum Gasteiger partial charge on any atom is -1.00 e. The zero-order chi connectivity index (χ0) is 24.4. The third-order valence-electron chi connectivity index (χ3n) is 6.40. The van der Waals surface area contributed by atoms with Crippen molar-refractivity contribution in [3.63, 3.8) is 0 Å². The number of nitrogens with zero attached hydrogens (tertiary/aromatic N) is 2. The third kappa shape index (κ3) is 4.64. The summed E-state index contributed by atoms with van der Waals surface area (Å²) in [5.41, 5.74) is 5.59. The predicted molar refractivity (Wildman–Crippen MR) is 138 cm³/mol. The average Bonchev–Trinajstić information content (AvgIpc) is 2.91. The Hall–Kier alpha value is -3.90. The Morgan fingerprint density at radius 3 is 1.97 bits per heavy atom. The van der Waals surface area contributed by atoms with Crippen LogP contribution in [0.2, 0.25) is 0 Å². The fraction of sp³-hybridized carbons (Fsp3) is 0.207. The third-order valence-corrected chi connectivity index (χ3v) is 6.40. The van der Waals surface area contributed by atoms with Gasteiger partial charge in [0, 0.05) is 24.4 Å². The molecule has 0 spiro atoms. The first-order valence-electron chi connectivity index (χ1n) is 11.5. The quantitative estimate of drug-likeness (QED) is 0.344. The van der Waals surface area contributed by atoms with E-state index in [1.54, 1.807) is 28.4 Å². The number of halogens is 1. The van der Waals surface area contributed by atoms with Crippen LogP contribution in [0.3, 0.4) is 0 Å². The second-order valence-electron chi connectivity index (χ2n) is 8.39. The Labute approximate surface area is 217 Å². The van der Waals surface area contributed by atoms with E-state index in [9.17, 15) is 0 Å². The highest BCUT2D eigenvalue weighted by atomic mass is 35.5. The number of anilines is 1. The summed E-state index contributed by atoms with van der Waals surface area (Å²) in [5, 5.41) is 1.13. The first-order valence-corrected chi connectivity index (χ1v) is 11.5. The fourth-order valence-electron chi connectivity index (χ4n) is 4.60. The molecule has 0 amide bonds. The molecule has 6 nitrogen and oxygen atoms in total. The van der Waals surface area contributed by atoms with E-state index in [2.05, 4.69) is 58.3 Å². The van der Waals surface area contributed by atoms with E-state index in [-0.39, 0.29) is 12.4 Å². The molecule has 186 valence electrons. The molecule has 0 unspecified atom stereocenters. The van der Waals surface area contributed by atoms with Crippen LogP contribution in [0.1, 0.15) is 16.7 Å². The number of hydrogen-bond donors (Lipinski definition) is 0. The van der Waals surface area contributed by atoms with Gasteiger partial charge < -0.3 is 36.3 Å². The summed E-state index contributed by atoms with van der Waals surface area (Å²) in [6.45, 7) is 1.43. The van der Waals surface area contributed by atoms with Crippen molar-refractivity contribution in [1.82, 2.24) is 0 Å². The second-order valence-corrected chi connectivity index (χ2v) is 8.39. The number of ether oxygens (including phenoxy) is 4. The van der Waals surface area contributed by atoms with E-state index in [0.29, 0.717) is 12.3 Å². The minimum atomic E-state index is 0. The molecule has 0 bridgehead atoms. The standard InChI is InChI=1S/C29H29N2O4.ClH/c1-32-23-9-5-20(6-10-23)18-30-15-13-22-17-26(34-3)29(35-4)28-27(22)25(30)14-16-31(28)19-21-7-11-24(33-2)12-8-21;/h5-17H,18-19H2,1-4H3;1H/q+1;/p-1. The van der Waals surface area contributed by atoms with Crippen molar-refractivity contribution in [2.75, 3.05) is 33.3 Å². The molecule has 7 heteroatoms. The molecule has 1 aromatic heterocycles. The van der Waals surface area contributed by atoms with E-state index < -0.39 is 0 Å². The summed E-state index contributed by atoms with van der Waals surface area (Å²) >= 11 is 0. The first kappa shape index (κ1) is 25.2. The van der Waals surface area contributed by atoms with Gasteiger partial charge >= 0.3 is 0 Å². The molecular weight excluding hydrogens is 476 g/mol. The maximum absolute atomic E-state index is 5.90. The van der Waals surface area contributed by atoms with Gasteiger partial charge in [0.2, 0.25) is 5.75 Å². The topological polar surface area (TPSA) is 44.0 Å². The monoisotopic (exact) mass is 504 g/mol. The van der Waals surface area contributed by atoms with E-state index >= 15 is 0 Å². The molecule has 0 fully saturated rings. The van der Waals surface area contributed by atoms with E-state index in [1.807, 2.05) is 30.3 Å². The summed E-state index contributed by atoms with van der Waals surface area (Å²) in [5.74, 6) is 3.13. The smallest absolute Gasteiger partial charge is 0.261 e. The average molecular weight is 505 g/mol. The lowest BCUT2D eigenvalue weighted by molar-refractivity contribution is -0.662. The van der Waals surface area contributed by atoms with Crippen molar-refractivity contribution < 1.29 is 35.9 Å². The second kappa shape index (κ2) is 10.8. The van der Waals surface area contributed by atoms with Gasteiger partial charge in [0.15, 0.2) is 18.5 Å². The summed E-state index contributed by atoms with van der Waals surface area (Å²) in [6.07, 6.45) is 6.38. The molecule has 4 aromatic rings. The summed E-state index contributed by atoms with van der Waals surface area (Å²) in [4.78, 5) is 2.26. The molecule has 0 saturated carbocycles. The normalized spacial score (nSPS) is 11.7. The first-order chi connectivity index (χ1) is 17.1. The summed E-state index contributed by atoms with van der Waals surface area (Å²) < 4.78 is 24.5. The van der Waals surface area contributed by atoms with Gasteiger partial charge in [-0.3, -0.25) is 0 Å². The molecule has 1 aliphatic rings. The van der Waals surface area contributed by atoms with Crippen LogP contribution in [0.15, 0.2) is 73.1 Å². The molecule has 5 rings (SSSR count). The zero-order valence-corrected chi connectivity index (χ0v) is 21.6. The van der Waals surface area contributed by atoms with Crippen molar-refractivity contribution in [3.05, 3.63) is 89.8 Å². The summed E-state index contributed by atoms with van der Waals surface area (Å²) in [7, 11) is 6.73. The Kier molecular flexibility index (Phi) is 7.55. The van der Waals surface area contributed by atoms with Crippen LogP contribution < -0.4 is 40.8 Å². The van der Waals surface area contributed by atoms with Gasteiger partial charge in [-0.15, -0.1) is 0 Å². The number of hydrogen-bond acceptors (Lipinski definition) is 5. The maximum Gasteiger partial charge on any atom is 0.261 e. The Balaban J connectivity index is 0.00000304. The number of aromatic nitrogens is 1. The van der Waals surface area contributed by atoms with E-state index in [4.69, 9.17) is 18.9 Å². The number of rotatable bonds is 8. The molecule has 0 N–H and O–H groups in total. The predicted octanol–water partition coefficient (Wildman–Crippen LogP) is 2.20. The largest absolute Gasteiger partial charge is 1.00 e. The lowest BCUT2D eigenvalue weighted by Gasteiger charge is -2.26. The molecule has 0 atom stereocenters. The Bertz CT molecular complexity index is 1390. The maximum atomic E-state index is 5.90. The highest BCUT2D eigenvalue weighted by molar-refractivity contribution is 6.03. The van der Waals surface area contributed by atoms with E-state index in [0.717, 1.165) is 45.9 Å². The molecule has 36 heavy (non-hydrogen) atoms. The van der Waals surface area contributed by atoms with Gasteiger partial charge in [0.1, 0.15) is 11.5 Å². The fourth-order valence-corrected chi connectivity index (χ4v) is 4.60. The molecule has 3 aromatic carbocycles. The lowest BCUT2D eigenvalue weighted by atomic mass is 10.0. The van der Waals surface area contributed by atoms with Crippen LogP contribution in [0, 0.1) is 0 Å². The number of methoxy groups -OCH3 is 4. The molecule has 0 saturated heterocycles. The van der Waals surface area contributed by atoms with Crippen LogP contribution in [-0.2, 0) is 13.1 Å². The van der Waals surface area contributed by atoms with Crippen molar-refractivity contribution in [1.29, 1.82) is 0 Å². The van der Waals surface area contributed by atoms with Crippen molar-refractivity contribution in [2.24, 2.45) is 0 Å². The van der Waals surface area contributed by atoms with Crippen molar-refractivity contribution in [2.45, 2.75) is 13.1 Å². The lowest BCUT2D eigenvalue weighted by Crippen LogP contribution is -3.00. The van der Waals surface area contributed by atoms with Crippen LogP contribution in [0.25, 0.3) is 17.0 Å². The van der Waals surface area contributed by atoms with Crippen molar-refractivity contribution >= 4 is 22.7 Å². The van der Waals surface area contributed by atoms with E-state index in [1.165, 1.54) is 11.1 Å². The van der Waals surface area contributed by atoms with Crippen LogP contribution >= 0.6 is 0 Å². The highest BCUT2D eigenvalue weighted by Gasteiger charge is 2.28. The zero-order valence-electron chi connectivity index (χ0n) is 20.8. The molecule has 2 heterocycles. The van der Waals surface area contributed by atoms with Crippen molar-refractivity contribution in [3.8, 4) is 23.0 Å². The highest BCUT2D eigenvalue weighted by Crippen LogP contribution is 2.43. The number of pyridine rings is 1. The van der Waals surface area contributed by atoms with Crippen LogP contribution in [-0.4, -0.2) is 28.4 Å². The molecule has 0 aliphatic carbocycles. The Morgan fingerprint density at radius 1 is 0.750 bits per heavy atom. The molecule has 1 aliphatic heterocycles. The van der Waals surface area contributed by atoms with Gasteiger partial charge in [-0.1, -0.05) is 12.1 Å². The van der Waals surface area contributed by atoms with Gasteiger partial charge in [0.25, 0.3) is 5.52 Å². The summed E-state index contributed by atoms with van der Waals surface area (Å²) in [6, 6.07) is 20.5. The minimum absolute atomic E-state index is 0. The Morgan fingerprint density at radius 2 is 1.39 bits per heavy atom. The molecular formula is C29H29ClN2O4. The SMILES string of the molecule is COc1ccc(CN2C=Cc3cc(OC)c(OC)c4c3c2cc[n+]4Cc2ccc(OC)cc2)cc1.[Cl-]. The molecule has 0 radical (unpaired) electrons. The van der Waals surface area contributed by atoms with Crippen LogP contribution in [0.5, 0.6) is 23.0 Å². The van der Waals surface area contributed by atoms with Gasteiger partial charge in [-0.05, 0) is 59.7 Å². The van der Waals surface area contributed by atoms with Crippen LogP contribution in [0.4, 0.5) is 5.69 Å². The van der Waals surface area contributed by atoms with Gasteiger partial charge in [0.05, 0.1) is 39.5 Å². The van der Waals surface area contributed by atoms with Gasteiger partial charge in [-0.2, -0.15) is 4.57 Å².